The Morgan fingerprint density at radius 3 is 2.33 bits per heavy atom. The van der Waals surface area contributed by atoms with Gasteiger partial charge < -0.3 is 5.11 Å². The number of aliphatic carboxylic acids is 1. The fraction of sp³-hybridized carbons (Fsp3) is 0.800. The molecule has 0 bridgehead atoms. The lowest BCUT2D eigenvalue weighted by Crippen LogP contribution is -1.99. The second-order valence-electron chi connectivity index (χ2n) is 2.26. The van der Waals surface area contributed by atoms with Crippen LogP contribution in [0.3, 0.4) is 0 Å². The average molecular weight is 169 g/mol. The Kier molecular flexibility index (Phi) is 1.61. The second kappa shape index (κ2) is 2.03. The molecule has 0 unspecified atom stereocenters. The predicted octanol–water partition coefficient (Wildman–Crippen LogP) is 1.65. The van der Waals surface area contributed by atoms with Gasteiger partial charge in [0.1, 0.15) is 4.33 Å². The summed E-state index contributed by atoms with van der Waals surface area (Å²) >= 11 is 11.1. The third-order valence-corrected chi connectivity index (χ3v) is 2.30. The Morgan fingerprint density at radius 1 is 1.78 bits per heavy atom. The lowest BCUT2D eigenvalue weighted by molar-refractivity contribution is -0.137. The van der Waals surface area contributed by atoms with E-state index in [1.807, 2.05) is 0 Å². The Morgan fingerprint density at radius 2 is 2.22 bits per heavy atom. The molecule has 1 fully saturated rings. The number of carboxylic acid groups (broad SMARTS) is 1. The largest absolute Gasteiger partial charge is 0.481 e. The molecule has 0 saturated heterocycles. The van der Waals surface area contributed by atoms with E-state index in [-0.39, 0.29) is 12.3 Å². The van der Waals surface area contributed by atoms with Gasteiger partial charge in [-0.2, -0.15) is 0 Å². The standard InChI is InChI=1S/C5H6Cl2O2/c6-5(7)2-3(5)1-4(8)9/h3H,1-2H2,(H,8,9)/t3-/m1/s1. The van der Waals surface area contributed by atoms with Crippen LogP contribution < -0.4 is 0 Å². The van der Waals surface area contributed by atoms with E-state index in [0.717, 1.165) is 0 Å². The van der Waals surface area contributed by atoms with Gasteiger partial charge in [-0.05, 0) is 6.42 Å². The lowest BCUT2D eigenvalue weighted by atomic mass is 10.3. The maximum Gasteiger partial charge on any atom is 0.303 e. The van der Waals surface area contributed by atoms with Gasteiger partial charge in [-0.15, -0.1) is 23.2 Å². The summed E-state index contributed by atoms with van der Waals surface area (Å²) in [7, 11) is 0. The van der Waals surface area contributed by atoms with E-state index in [2.05, 4.69) is 0 Å². The van der Waals surface area contributed by atoms with Crippen molar-refractivity contribution in [2.45, 2.75) is 17.2 Å². The van der Waals surface area contributed by atoms with Gasteiger partial charge in [0.25, 0.3) is 0 Å². The predicted molar refractivity (Wildman–Crippen MR) is 34.8 cm³/mol. The zero-order valence-electron chi connectivity index (χ0n) is 4.60. The van der Waals surface area contributed by atoms with Crippen LogP contribution in [0.1, 0.15) is 12.8 Å². The molecule has 0 heterocycles. The third kappa shape index (κ3) is 1.73. The molecule has 0 spiro atoms. The van der Waals surface area contributed by atoms with E-state index in [1.54, 1.807) is 0 Å². The normalized spacial score (nSPS) is 29.8. The monoisotopic (exact) mass is 168 g/mol. The number of alkyl halides is 2. The molecule has 2 nitrogen and oxygen atoms in total. The molecule has 0 aromatic heterocycles. The fourth-order valence-corrected chi connectivity index (χ4v) is 1.23. The van der Waals surface area contributed by atoms with E-state index < -0.39 is 10.3 Å². The molecule has 4 heteroatoms. The third-order valence-electron chi connectivity index (χ3n) is 1.38. The van der Waals surface area contributed by atoms with Gasteiger partial charge in [0, 0.05) is 5.92 Å². The van der Waals surface area contributed by atoms with Crippen LogP contribution in [0.15, 0.2) is 0 Å². The van der Waals surface area contributed by atoms with Crippen molar-refractivity contribution in [3.05, 3.63) is 0 Å². The van der Waals surface area contributed by atoms with Crippen molar-refractivity contribution in [2.24, 2.45) is 5.92 Å². The molecule has 52 valence electrons. The number of hydrogen-bond donors (Lipinski definition) is 1. The number of carbonyl (C=O) groups is 1. The molecule has 9 heavy (non-hydrogen) atoms. The van der Waals surface area contributed by atoms with Crippen molar-refractivity contribution in [1.29, 1.82) is 0 Å². The SMILES string of the molecule is O=C(O)C[C@@H]1CC1(Cl)Cl. The van der Waals surface area contributed by atoms with Gasteiger partial charge >= 0.3 is 5.97 Å². The highest BCUT2D eigenvalue weighted by Gasteiger charge is 2.52. The topological polar surface area (TPSA) is 37.3 Å². The van der Waals surface area contributed by atoms with Gasteiger partial charge in [-0.1, -0.05) is 0 Å². The van der Waals surface area contributed by atoms with Gasteiger partial charge in [0.15, 0.2) is 0 Å². The van der Waals surface area contributed by atoms with Crippen LogP contribution in [-0.4, -0.2) is 15.4 Å². The Balaban J connectivity index is 2.28. The van der Waals surface area contributed by atoms with Crippen LogP contribution >= 0.6 is 23.2 Å². The first-order chi connectivity index (χ1) is 4.02. The van der Waals surface area contributed by atoms with Crippen molar-refractivity contribution < 1.29 is 9.90 Å². The van der Waals surface area contributed by atoms with E-state index in [9.17, 15) is 4.79 Å². The van der Waals surface area contributed by atoms with Crippen LogP contribution in [0, 0.1) is 5.92 Å². The minimum Gasteiger partial charge on any atom is -0.481 e. The molecule has 0 aromatic carbocycles. The van der Waals surface area contributed by atoms with Gasteiger partial charge in [-0.3, -0.25) is 4.79 Å². The van der Waals surface area contributed by atoms with Crippen LogP contribution in [0.25, 0.3) is 0 Å². The first-order valence-electron chi connectivity index (χ1n) is 2.62. The molecule has 1 aliphatic rings. The first kappa shape index (κ1) is 7.16. The Hall–Kier alpha value is 0.0500. The summed E-state index contributed by atoms with van der Waals surface area (Å²) in [6, 6.07) is 0. The molecule has 1 saturated carbocycles. The summed E-state index contributed by atoms with van der Waals surface area (Å²) in [6.45, 7) is 0. The summed E-state index contributed by atoms with van der Waals surface area (Å²) in [5.41, 5.74) is 0. The molecular weight excluding hydrogens is 163 g/mol. The zero-order valence-corrected chi connectivity index (χ0v) is 6.11. The summed E-state index contributed by atoms with van der Waals surface area (Å²) in [5.74, 6) is -0.860. The van der Waals surface area contributed by atoms with Crippen molar-refractivity contribution in [1.82, 2.24) is 0 Å². The van der Waals surface area contributed by atoms with Gasteiger partial charge in [0.2, 0.25) is 0 Å². The first-order valence-corrected chi connectivity index (χ1v) is 3.37. The molecule has 0 radical (unpaired) electrons. The van der Waals surface area contributed by atoms with E-state index in [4.69, 9.17) is 28.3 Å². The Bertz CT molecular complexity index is 144. The number of halogens is 2. The summed E-state index contributed by atoms with van der Waals surface area (Å²) < 4.78 is -0.738. The second-order valence-corrected chi connectivity index (χ2v) is 3.80. The van der Waals surface area contributed by atoms with E-state index >= 15 is 0 Å². The Labute approximate surface area is 62.8 Å². The molecule has 0 aliphatic heterocycles. The maximum absolute atomic E-state index is 10.0. The van der Waals surface area contributed by atoms with Crippen molar-refractivity contribution in [3.8, 4) is 0 Å². The van der Waals surface area contributed by atoms with Gasteiger partial charge in [0.05, 0.1) is 6.42 Å². The molecule has 1 N–H and O–H groups in total. The highest BCUT2D eigenvalue weighted by Crippen LogP contribution is 2.54. The lowest BCUT2D eigenvalue weighted by Gasteiger charge is -1.92. The number of hydrogen-bond acceptors (Lipinski definition) is 1. The summed E-state index contributed by atoms with van der Waals surface area (Å²) in [5, 5.41) is 8.24. The van der Waals surface area contributed by atoms with Crippen molar-refractivity contribution >= 4 is 29.2 Å². The molecular formula is C5H6Cl2O2. The smallest absolute Gasteiger partial charge is 0.303 e. The summed E-state index contributed by atoms with van der Waals surface area (Å²) in [4.78, 5) is 10.0. The fourth-order valence-electron chi connectivity index (χ4n) is 0.702. The highest BCUT2D eigenvalue weighted by molar-refractivity contribution is 6.50. The highest BCUT2D eigenvalue weighted by atomic mass is 35.5. The maximum atomic E-state index is 10.0. The minimum atomic E-state index is -0.830. The molecule has 1 rings (SSSR count). The molecule has 0 aromatic rings. The minimum absolute atomic E-state index is 0.0293. The van der Waals surface area contributed by atoms with Crippen LogP contribution in [0.4, 0.5) is 0 Å². The van der Waals surface area contributed by atoms with Crippen LogP contribution in [0.5, 0.6) is 0 Å². The van der Waals surface area contributed by atoms with Gasteiger partial charge in [-0.25, -0.2) is 0 Å². The van der Waals surface area contributed by atoms with Crippen molar-refractivity contribution in [2.75, 3.05) is 0 Å². The van der Waals surface area contributed by atoms with Crippen molar-refractivity contribution in [3.63, 3.8) is 0 Å². The van der Waals surface area contributed by atoms with E-state index in [0.29, 0.717) is 6.42 Å². The molecule has 1 atom stereocenters. The average Bonchev–Trinajstić information content (AvgIpc) is 2.10. The number of carboxylic acids is 1. The van der Waals surface area contributed by atoms with Crippen LogP contribution in [-0.2, 0) is 4.79 Å². The molecule has 1 aliphatic carbocycles. The zero-order chi connectivity index (χ0) is 7.07. The molecule has 0 amide bonds. The van der Waals surface area contributed by atoms with E-state index in [1.165, 1.54) is 0 Å². The number of rotatable bonds is 2. The van der Waals surface area contributed by atoms with Crippen LogP contribution in [0.2, 0.25) is 0 Å². The summed E-state index contributed by atoms with van der Waals surface area (Å²) in [6.07, 6.45) is 0.704. The quantitative estimate of drug-likeness (QED) is 0.638.